The Labute approximate surface area is 193 Å². The average molecular weight is 443 g/mol. The molecule has 2 heterocycles. The first-order valence-electron chi connectivity index (χ1n) is 10.7. The first-order valence-corrected chi connectivity index (χ1v) is 10.7. The molecule has 0 radical (unpaired) electrons. The van der Waals surface area contributed by atoms with Crippen LogP contribution in [-0.4, -0.2) is 28.9 Å². The van der Waals surface area contributed by atoms with Gasteiger partial charge in [0.2, 0.25) is 0 Å². The number of rotatable bonds is 4. The molecule has 1 unspecified atom stereocenters. The molecule has 1 aliphatic heterocycles. The Kier molecular flexibility index (Phi) is 5.77. The number of methoxy groups -OCH3 is 1. The third-order valence-corrected chi connectivity index (χ3v) is 5.96. The molecule has 1 aromatic heterocycles. The van der Waals surface area contributed by atoms with E-state index in [1.165, 1.54) is 12.0 Å². The smallest absolute Gasteiger partial charge is 0.300 e. The summed E-state index contributed by atoms with van der Waals surface area (Å²) in [5.41, 5.74) is 5.34. The van der Waals surface area contributed by atoms with E-state index in [1.54, 1.807) is 30.6 Å². The fourth-order valence-electron chi connectivity index (χ4n) is 4.56. The van der Waals surface area contributed by atoms with Crippen molar-refractivity contribution in [2.45, 2.75) is 33.7 Å². The molecule has 6 nitrogen and oxygen atoms in total. The Bertz CT molecular complexity index is 1290. The number of anilines is 1. The van der Waals surface area contributed by atoms with Crippen molar-refractivity contribution in [2.24, 2.45) is 0 Å². The Hall–Kier alpha value is -3.93. The summed E-state index contributed by atoms with van der Waals surface area (Å²) in [5.74, 6) is -1.22. The number of ketones is 1. The van der Waals surface area contributed by atoms with Crippen LogP contribution in [0.3, 0.4) is 0 Å². The average Bonchev–Trinajstić information content (AvgIpc) is 3.04. The lowest BCUT2D eigenvalue weighted by atomic mass is 9.94. The minimum absolute atomic E-state index is 0.0227. The summed E-state index contributed by atoms with van der Waals surface area (Å²) in [5, 5.41) is 11.5. The number of benzene rings is 2. The van der Waals surface area contributed by atoms with E-state index in [9.17, 15) is 14.7 Å². The number of Topliss-reactive ketones (excluding diaryl/α,β-unsaturated/α-hetero) is 1. The van der Waals surface area contributed by atoms with Gasteiger partial charge in [-0.1, -0.05) is 23.8 Å². The molecule has 3 aromatic rings. The Morgan fingerprint density at radius 1 is 0.939 bits per heavy atom. The first kappa shape index (κ1) is 22.3. The molecule has 1 fully saturated rings. The van der Waals surface area contributed by atoms with E-state index in [4.69, 9.17) is 4.74 Å². The lowest BCUT2D eigenvalue weighted by molar-refractivity contribution is -0.132. The number of carbonyl (C=O) groups excluding carboxylic acids is 2. The van der Waals surface area contributed by atoms with Gasteiger partial charge in [0.1, 0.15) is 11.5 Å². The van der Waals surface area contributed by atoms with Crippen LogP contribution in [0.5, 0.6) is 5.75 Å². The van der Waals surface area contributed by atoms with Crippen LogP contribution in [0.4, 0.5) is 5.69 Å². The maximum Gasteiger partial charge on any atom is 0.300 e. The fraction of sp³-hybridized carbons (Fsp3) is 0.222. The van der Waals surface area contributed by atoms with Crippen LogP contribution in [0.25, 0.3) is 5.76 Å². The van der Waals surface area contributed by atoms with Gasteiger partial charge in [0.15, 0.2) is 0 Å². The molecule has 1 aliphatic rings. The number of aliphatic hydroxyl groups is 1. The van der Waals surface area contributed by atoms with Crippen molar-refractivity contribution in [3.8, 4) is 5.75 Å². The molecule has 33 heavy (non-hydrogen) atoms. The number of nitrogens with zero attached hydrogens (tertiary/aromatic N) is 2. The van der Waals surface area contributed by atoms with E-state index in [0.29, 0.717) is 22.6 Å². The van der Waals surface area contributed by atoms with E-state index in [0.717, 1.165) is 22.3 Å². The van der Waals surface area contributed by atoms with E-state index in [2.05, 4.69) is 4.98 Å². The molecule has 4 rings (SSSR count). The van der Waals surface area contributed by atoms with Crippen LogP contribution in [0, 0.1) is 27.7 Å². The number of hydrogen-bond acceptors (Lipinski definition) is 5. The third-order valence-electron chi connectivity index (χ3n) is 5.96. The van der Waals surface area contributed by atoms with Crippen LogP contribution >= 0.6 is 0 Å². The summed E-state index contributed by atoms with van der Waals surface area (Å²) in [6.45, 7) is 7.64. The van der Waals surface area contributed by atoms with Crippen LogP contribution in [-0.2, 0) is 9.59 Å². The summed E-state index contributed by atoms with van der Waals surface area (Å²) in [6, 6.07) is 12.1. The lowest BCUT2D eigenvalue weighted by Crippen LogP contribution is -2.30. The lowest BCUT2D eigenvalue weighted by Gasteiger charge is -2.27. The van der Waals surface area contributed by atoms with E-state index >= 15 is 0 Å². The number of aryl methyl sites for hydroxylation is 4. The highest BCUT2D eigenvalue weighted by Gasteiger charge is 2.47. The van der Waals surface area contributed by atoms with Crippen molar-refractivity contribution in [1.82, 2.24) is 4.98 Å². The summed E-state index contributed by atoms with van der Waals surface area (Å²) >= 11 is 0. The van der Waals surface area contributed by atoms with Crippen molar-refractivity contribution < 1.29 is 19.4 Å². The quantitative estimate of drug-likeness (QED) is 0.351. The van der Waals surface area contributed by atoms with Gasteiger partial charge in [0.05, 0.1) is 24.3 Å². The first-order chi connectivity index (χ1) is 15.7. The molecule has 1 amide bonds. The summed E-state index contributed by atoms with van der Waals surface area (Å²) < 4.78 is 5.54. The van der Waals surface area contributed by atoms with Crippen LogP contribution in [0.15, 0.2) is 60.4 Å². The van der Waals surface area contributed by atoms with Gasteiger partial charge in [-0.3, -0.25) is 19.5 Å². The number of ether oxygens (including phenoxy) is 1. The van der Waals surface area contributed by atoms with Gasteiger partial charge in [-0.05, 0) is 74.2 Å². The van der Waals surface area contributed by atoms with Crippen molar-refractivity contribution >= 4 is 23.1 Å². The maximum absolute atomic E-state index is 13.4. The Morgan fingerprint density at radius 3 is 2.24 bits per heavy atom. The molecule has 1 atom stereocenters. The zero-order valence-corrected chi connectivity index (χ0v) is 19.3. The fourth-order valence-corrected chi connectivity index (χ4v) is 4.56. The topological polar surface area (TPSA) is 79.7 Å². The monoisotopic (exact) mass is 442 g/mol. The standard InChI is InChI=1S/C27H26N2O4/c1-15-6-7-21(17(3)12-15)29-23(19-8-10-28-11-9-19)22(25(31)27(29)32)24(30)20-14-16(2)13-18(4)26(20)33-5/h6-14,23,30H,1-5H3/b24-22+. The van der Waals surface area contributed by atoms with Crippen molar-refractivity contribution in [1.29, 1.82) is 0 Å². The van der Waals surface area contributed by atoms with Gasteiger partial charge in [0.25, 0.3) is 11.7 Å². The zero-order valence-electron chi connectivity index (χ0n) is 19.3. The second kappa shape index (κ2) is 8.54. The highest BCUT2D eigenvalue weighted by molar-refractivity contribution is 6.51. The molecule has 168 valence electrons. The number of aromatic nitrogens is 1. The number of aliphatic hydroxyl groups excluding tert-OH is 1. The molecule has 1 N–H and O–H groups in total. The van der Waals surface area contributed by atoms with Gasteiger partial charge in [-0.25, -0.2) is 0 Å². The number of amides is 1. The van der Waals surface area contributed by atoms with E-state index in [1.807, 2.05) is 52.0 Å². The van der Waals surface area contributed by atoms with Gasteiger partial charge in [-0.2, -0.15) is 0 Å². The summed E-state index contributed by atoms with van der Waals surface area (Å²) in [7, 11) is 1.52. The number of hydrogen-bond donors (Lipinski definition) is 1. The minimum Gasteiger partial charge on any atom is -0.507 e. The second-order valence-corrected chi connectivity index (χ2v) is 8.40. The normalized spacial score (nSPS) is 17.5. The predicted molar refractivity (Wildman–Crippen MR) is 127 cm³/mol. The highest BCUT2D eigenvalue weighted by atomic mass is 16.5. The molecule has 6 heteroatoms. The summed E-state index contributed by atoms with van der Waals surface area (Å²) in [6.07, 6.45) is 3.21. The van der Waals surface area contributed by atoms with Crippen molar-refractivity contribution in [2.75, 3.05) is 12.0 Å². The molecule has 0 spiro atoms. The summed E-state index contributed by atoms with van der Waals surface area (Å²) in [4.78, 5) is 32.3. The van der Waals surface area contributed by atoms with Gasteiger partial charge in [0, 0.05) is 18.1 Å². The number of pyridine rings is 1. The van der Waals surface area contributed by atoms with Crippen molar-refractivity contribution in [3.05, 3.63) is 93.8 Å². The second-order valence-electron chi connectivity index (χ2n) is 8.40. The molecular formula is C27H26N2O4. The molecule has 0 saturated carbocycles. The largest absolute Gasteiger partial charge is 0.507 e. The minimum atomic E-state index is -0.806. The highest BCUT2D eigenvalue weighted by Crippen LogP contribution is 2.44. The number of carbonyl (C=O) groups is 2. The van der Waals surface area contributed by atoms with Gasteiger partial charge >= 0.3 is 0 Å². The molecule has 0 bridgehead atoms. The van der Waals surface area contributed by atoms with Crippen LogP contribution < -0.4 is 9.64 Å². The van der Waals surface area contributed by atoms with Gasteiger partial charge in [-0.15, -0.1) is 0 Å². The zero-order chi connectivity index (χ0) is 23.9. The predicted octanol–water partition coefficient (Wildman–Crippen LogP) is 4.95. The Balaban J connectivity index is 2.02. The molecule has 0 aliphatic carbocycles. The van der Waals surface area contributed by atoms with Gasteiger partial charge < -0.3 is 9.84 Å². The van der Waals surface area contributed by atoms with Crippen LogP contribution in [0.2, 0.25) is 0 Å². The Morgan fingerprint density at radius 2 is 1.61 bits per heavy atom. The molecular weight excluding hydrogens is 416 g/mol. The molecule has 1 saturated heterocycles. The van der Waals surface area contributed by atoms with Crippen LogP contribution in [0.1, 0.15) is 39.4 Å². The van der Waals surface area contributed by atoms with E-state index < -0.39 is 17.7 Å². The maximum atomic E-state index is 13.4. The third kappa shape index (κ3) is 3.78. The molecule has 2 aromatic carbocycles. The van der Waals surface area contributed by atoms with Crippen molar-refractivity contribution in [3.63, 3.8) is 0 Å². The van der Waals surface area contributed by atoms with E-state index in [-0.39, 0.29) is 11.3 Å². The SMILES string of the molecule is COc1c(C)cc(C)cc1/C(O)=C1\C(=O)C(=O)N(c2ccc(C)cc2C)C1c1ccncc1.